The van der Waals surface area contributed by atoms with Gasteiger partial charge in [0.1, 0.15) is 0 Å². The van der Waals surface area contributed by atoms with Crippen molar-refractivity contribution in [3.8, 4) is 0 Å². The molecule has 1 rings (SSSR count). The van der Waals surface area contributed by atoms with Crippen molar-refractivity contribution in [3.05, 3.63) is 29.6 Å². The molecule has 0 aromatic carbocycles. The molecule has 22 heavy (non-hydrogen) atoms. The minimum atomic E-state index is -4.30. The minimum Gasteiger partial charge on any atom is -0.260 e. The molecule has 1 aromatic rings. The molecule has 126 valence electrons. The van der Waals surface area contributed by atoms with Crippen LogP contribution in [0.2, 0.25) is 0 Å². The first kappa shape index (κ1) is 19.0. The highest BCUT2D eigenvalue weighted by Crippen LogP contribution is 2.31. The number of unbranched alkanes of at least 4 members (excludes halogenated alkanes) is 5. The number of pyridine rings is 1. The van der Waals surface area contributed by atoms with Gasteiger partial charge in [0.05, 0.1) is 5.56 Å². The molecule has 1 aromatic heterocycles. The van der Waals surface area contributed by atoms with Crippen LogP contribution in [-0.2, 0) is 6.18 Å². The van der Waals surface area contributed by atoms with E-state index in [0.717, 1.165) is 44.0 Å². The van der Waals surface area contributed by atoms with E-state index >= 15 is 0 Å². The molecule has 1 unspecified atom stereocenters. The predicted octanol–water partition coefficient (Wildman–Crippen LogP) is 6.73. The normalized spacial score (nSPS) is 13.3. The maximum atomic E-state index is 12.6. The lowest BCUT2D eigenvalue weighted by molar-refractivity contribution is -0.137. The molecular weight excluding hydrogens is 287 g/mol. The molecule has 0 bridgehead atoms. The zero-order chi connectivity index (χ0) is 16.4. The zero-order valence-corrected chi connectivity index (χ0v) is 13.8. The van der Waals surface area contributed by atoms with Crippen molar-refractivity contribution in [1.29, 1.82) is 0 Å². The molecule has 0 amide bonds. The van der Waals surface area contributed by atoms with Crippen LogP contribution in [0.25, 0.3) is 0 Å². The first-order valence-electron chi connectivity index (χ1n) is 8.52. The zero-order valence-electron chi connectivity index (χ0n) is 13.8. The molecule has 1 nitrogen and oxygen atoms in total. The summed E-state index contributed by atoms with van der Waals surface area (Å²) in [6.07, 6.45) is 6.93. The van der Waals surface area contributed by atoms with Gasteiger partial charge in [-0.3, -0.25) is 4.98 Å². The van der Waals surface area contributed by atoms with Crippen LogP contribution in [0.4, 0.5) is 13.2 Å². The van der Waals surface area contributed by atoms with E-state index in [2.05, 4.69) is 18.8 Å². The summed E-state index contributed by atoms with van der Waals surface area (Å²) in [5, 5.41) is 0. The smallest absolute Gasteiger partial charge is 0.260 e. The summed E-state index contributed by atoms with van der Waals surface area (Å²) in [6, 6.07) is 2.74. The Kier molecular flexibility index (Phi) is 8.51. The third-order valence-electron chi connectivity index (χ3n) is 4.09. The topological polar surface area (TPSA) is 12.9 Å². The van der Waals surface area contributed by atoms with Crippen molar-refractivity contribution in [2.75, 3.05) is 0 Å². The van der Waals surface area contributed by atoms with Crippen LogP contribution in [0.15, 0.2) is 18.3 Å². The van der Waals surface area contributed by atoms with Gasteiger partial charge >= 0.3 is 6.18 Å². The van der Waals surface area contributed by atoms with Gasteiger partial charge in [-0.25, -0.2) is 0 Å². The maximum absolute atomic E-state index is 12.6. The van der Waals surface area contributed by atoms with Crippen molar-refractivity contribution in [1.82, 2.24) is 4.98 Å². The summed E-state index contributed by atoms with van der Waals surface area (Å²) >= 11 is 0. The van der Waals surface area contributed by atoms with Crippen LogP contribution >= 0.6 is 0 Å². The Hall–Kier alpha value is -1.06. The largest absolute Gasteiger partial charge is 0.417 e. The van der Waals surface area contributed by atoms with Gasteiger partial charge in [0.25, 0.3) is 0 Å². The lowest BCUT2D eigenvalue weighted by Gasteiger charge is -2.17. The van der Waals surface area contributed by atoms with Crippen molar-refractivity contribution in [2.24, 2.45) is 0 Å². The lowest BCUT2D eigenvalue weighted by Crippen LogP contribution is -2.08. The molecule has 0 aliphatic heterocycles. The highest BCUT2D eigenvalue weighted by Gasteiger charge is 2.30. The van der Waals surface area contributed by atoms with Crippen molar-refractivity contribution in [3.63, 3.8) is 0 Å². The molecule has 1 heterocycles. The molecule has 0 saturated heterocycles. The monoisotopic (exact) mass is 315 g/mol. The fourth-order valence-corrected chi connectivity index (χ4v) is 2.71. The molecule has 0 spiro atoms. The van der Waals surface area contributed by atoms with Gasteiger partial charge in [0, 0.05) is 17.8 Å². The standard InChI is InChI=1S/C18H28F3N/c1-3-5-7-9-11-15(10-8-6-4-2)17-13-12-16(14-22-17)18(19,20)21/h12-15H,3-11H2,1-2H3. The molecule has 4 heteroatoms. The number of alkyl halides is 3. The second-order valence-electron chi connectivity index (χ2n) is 6.01. The molecule has 0 fully saturated rings. The molecule has 0 aliphatic rings. The third kappa shape index (κ3) is 6.80. The molecule has 0 radical (unpaired) electrons. The average molecular weight is 315 g/mol. The Labute approximate surface area is 132 Å². The van der Waals surface area contributed by atoms with Gasteiger partial charge < -0.3 is 0 Å². The average Bonchev–Trinajstić information content (AvgIpc) is 2.49. The van der Waals surface area contributed by atoms with Crippen molar-refractivity contribution in [2.45, 2.75) is 83.7 Å². The van der Waals surface area contributed by atoms with E-state index in [4.69, 9.17) is 0 Å². The number of aromatic nitrogens is 1. The Morgan fingerprint density at radius 2 is 1.50 bits per heavy atom. The Bertz CT molecular complexity index is 398. The Morgan fingerprint density at radius 3 is 2.00 bits per heavy atom. The van der Waals surface area contributed by atoms with Crippen LogP contribution in [-0.4, -0.2) is 4.98 Å². The highest BCUT2D eigenvalue weighted by molar-refractivity contribution is 5.19. The second-order valence-corrected chi connectivity index (χ2v) is 6.01. The van der Waals surface area contributed by atoms with E-state index < -0.39 is 11.7 Å². The quantitative estimate of drug-likeness (QED) is 0.436. The van der Waals surface area contributed by atoms with Crippen LogP contribution < -0.4 is 0 Å². The Morgan fingerprint density at radius 1 is 0.909 bits per heavy atom. The fourth-order valence-electron chi connectivity index (χ4n) is 2.71. The van der Waals surface area contributed by atoms with E-state index in [9.17, 15) is 13.2 Å². The number of hydrogen-bond donors (Lipinski definition) is 0. The van der Waals surface area contributed by atoms with E-state index in [1.807, 2.05) is 0 Å². The number of rotatable bonds is 10. The first-order chi connectivity index (χ1) is 10.5. The maximum Gasteiger partial charge on any atom is 0.417 e. The van der Waals surface area contributed by atoms with Crippen LogP contribution in [0.1, 0.15) is 88.8 Å². The van der Waals surface area contributed by atoms with E-state index in [0.29, 0.717) is 5.92 Å². The van der Waals surface area contributed by atoms with Gasteiger partial charge in [0.2, 0.25) is 0 Å². The van der Waals surface area contributed by atoms with Crippen LogP contribution in [0.5, 0.6) is 0 Å². The summed E-state index contributed by atoms with van der Waals surface area (Å²) in [5.41, 5.74) is 0.162. The summed E-state index contributed by atoms with van der Waals surface area (Å²) in [6.45, 7) is 4.34. The van der Waals surface area contributed by atoms with E-state index in [1.165, 1.54) is 31.7 Å². The summed E-state index contributed by atoms with van der Waals surface area (Å²) in [5.74, 6) is 0.297. The number of nitrogens with zero attached hydrogens (tertiary/aromatic N) is 1. The third-order valence-corrected chi connectivity index (χ3v) is 4.09. The van der Waals surface area contributed by atoms with E-state index in [-0.39, 0.29) is 0 Å². The SMILES string of the molecule is CCCCCCC(CCCCC)c1ccc(C(F)(F)F)cn1. The summed E-state index contributed by atoms with van der Waals surface area (Å²) < 4.78 is 37.8. The molecule has 0 saturated carbocycles. The van der Waals surface area contributed by atoms with Gasteiger partial charge in [0.15, 0.2) is 0 Å². The second kappa shape index (κ2) is 9.86. The highest BCUT2D eigenvalue weighted by atomic mass is 19.4. The number of halogens is 3. The van der Waals surface area contributed by atoms with Crippen LogP contribution in [0.3, 0.4) is 0 Å². The fraction of sp³-hybridized carbons (Fsp3) is 0.722. The van der Waals surface area contributed by atoms with Gasteiger partial charge in [-0.2, -0.15) is 13.2 Å². The lowest BCUT2D eigenvalue weighted by atomic mass is 9.91. The summed E-state index contributed by atoms with van der Waals surface area (Å²) in [7, 11) is 0. The molecule has 0 N–H and O–H groups in total. The first-order valence-corrected chi connectivity index (χ1v) is 8.52. The molecule has 0 aliphatic carbocycles. The minimum absolute atomic E-state index is 0.297. The Balaban J connectivity index is 2.67. The molecule has 1 atom stereocenters. The van der Waals surface area contributed by atoms with Crippen LogP contribution in [0, 0.1) is 0 Å². The van der Waals surface area contributed by atoms with Crippen molar-refractivity contribution >= 4 is 0 Å². The van der Waals surface area contributed by atoms with Gasteiger partial charge in [-0.05, 0) is 25.0 Å². The van der Waals surface area contributed by atoms with Crippen molar-refractivity contribution < 1.29 is 13.2 Å². The van der Waals surface area contributed by atoms with Gasteiger partial charge in [-0.1, -0.05) is 58.8 Å². The summed E-state index contributed by atoms with van der Waals surface area (Å²) in [4.78, 5) is 4.10. The van der Waals surface area contributed by atoms with E-state index in [1.54, 1.807) is 6.07 Å². The predicted molar refractivity (Wildman–Crippen MR) is 84.9 cm³/mol. The molecular formula is C18H28F3N. The number of hydrogen-bond acceptors (Lipinski definition) is 1. The van der Waals surface area contributed by atoms with Gasteiger partial charge in [-0.15, -0.1) is 0 Å².